The molecule has 0 spiro atoms. The van der Waals surface area contributed by atoms with Crippen LogP contribution in [0, 0.1) is 0 Å². The highest BCUT2D eigenvalue weighted by atomic mass is 32.2. The van der Waals surface area contributed by atoms with Gasteiger partial charge >= 0.3 is 0 Å². The van der Waals surface area contributed by atoms with Crippen molar-refractivity contribution in [2.75, 3.05) is 12.3 Å². The Balaban J connectivity index is 1.55. The van der Waals surface area contributed by atoms with Gasteiger partial charge in [0.05, 0.1) is 11.0 Å². The van der Waals surface area contributed by atoms with Gasteiger partial charge in [0.2, 0.25) is 0 Å². The summed E-state index contributed by atoms with van der Waals surface area (Å²) < 4.78 is 25.5. The van der Waals surface area contributed by atoms with E-state index in [0.29, 0.717) is 18.5 Å². The van der Waals surface area contributed by atoms with Crippen LogP contribution in [0.5, 0.6) is 0 Å². The van der Waals surface area contributed by atoms with E-state index in [-0.39, 0.29) is 23.0 Å². The Morgan fingerprint density at radius 2 is 1.77 bits per heavy atom. The molecule has 1 aromatic carbocycles. The van der Waals surface area contributed by atoms with Crippen molar-refractivity contribution in [1.82, 2.24) is 9.47 Å². The Morgan fingerprint density at radius 3 is 2.32 bits per heavy atom. The number of sulfone groups is 1. The van der Waals surface area contributed by atoms with Crippen molar-refractivity contribution in [2.24, 2.45) is 0 Å². The second-order valence-corrected chi connectivity index (χ2v) is 8.26. The molecule has 2 unspecified atom stereocenters. The quantitative estimate of drug-likeness (QED) is 0.843. The summed E-state index contributed by atoms with van der Waals surface area (Å²) >= 11 is 0. The molecule has 0 N–H and O–H groups in total. The Kier molecular flexibility index (Phi) is 2.91. The van der Waals surface area contributed by atoms with Crippen LogP contribution >= 0.6 is 0 Å². The summed E-state index contributed by atoms with van der Waals surface area (Å²) in [5.41, 5.74) is 1.60. The average molecular weight is 316 g/mol. The first-order valence-corrected chi connectivity index (χ1v) is 9.02. The lowest BCUT2D eigenvalue weighted by atomic mass is 10.1. The molecule has 2 bridgehead atoms. The number of carbonyl (C=O) groups excluding carboxylic acids is 1. The van der Waals surface area contributed by atoms with Crippen LogP contribution in [0.2, 0.25) is 0 Å². The molecule has 22 heavy (non-hydrogen) atoms. The van der Waals surface area contributed by atoms with Crippen molar-refractivity contribution in [3.63, 3.8) is 0 Å². The maximum atomic E-state index is 12.6. The largest absolute Gasteiger partial charge is 0.333 e. The van der Waals surface area contributed by atoms with Crippen LogP contribution in [-0.4, -0.2) is 47.4 Å². The number of hydrogen-bond acceptors (Lipinski definition) is 3. The Bertz CT molecular complexity index is 810. The van der Waals surface area contributed by atoms with Crippen molar-refractivity contribution in [3.05, 3.63) is 54.4 Å². The van der Waals surface area contributed by atoms with Crippen LogP contribution in [0.15, 0.2) is 48.8 Å². The molecule has 1 amide bonds. The van der Waals surface area contributed by atoms with Gasteiger partial charge < -0.3 is 9.47 Å². The molecule has 114 valence electrons. The van der Waals surface area contributed by atoms with E-state index in [2.05, 4.69) is 0 Å². The molecule has 2 aliphatic heterocycles. The van der Waals surface area contributed by atoms with E-state index in [4.69, 9.17) is 0 Å². The van der Waals surface area contributed by atoms with Crippen LogP contribution in [0.3, 0.4) is 0 Å². The fourth-order valence-corrected chi connectivity index (χ4v) is 5.42. The summed E-state index contributed by atoms with van der Waals surface area (Å²) in [6, 6.07) is 11.2. The van der Waals surface area contributed by atoms with E-state index in [1.54, 1.807) is 17.0 Å². The standard InChI is InChI=1S/C16H16N2O3S/c19-16(18-10-15-9-14(18)11-22(15,20)21)12-3-5-13(6-4-12)17-7-1-2-8-17/h1-8,14-15H,9-11H2. The maximum Gasteiger partial charge on any atom is 0.254 e. The van der Waals surface area contributed by atoms with Gasteiger partial charge in [0, 0.05) is 36.2 Å². The van der Waals surface area contributed by atoms with Gasteiger partial charge in [0.1, 0.15) is 0 Å². The van der Waals surface area contributed by atoms with E-state index in [1.807, 2.05) is 41.2 Å². The number of carbonyl (C=O) groups is 1. The first-order valence-electron chi connectivity index (χ1n) is 7.30. The Morgan fingerprint density at radius 1 is 1.09 bits per heavy atom. The minimum Gasteiger partial charge on any atom is -0.333 e. The number of aromatic nitrogens is 1. The minimum absolute atomic E-state index is 0.0681. The number of nitrogens with zero attached hydrogens (tertiary/aromatic N) is 2. The van der Waals surface area contributed by atoms with Gasteiger partial charge in [-0.2, -0.15) is 0 Å². The van der Waals surface area contributed by atoms with Crippen LogP contribution in [0.25, 0.3) is 5.69 Å². The first kappa shape index (κ1) is 13.6. The average Bonchev–Trinajstić information content (AvgIpc) is 3.21. The van der Waals surface area contributed by atoms with Gasteiger partial charge in [-0.3, -0.25) is 4.79 Å². The van der Waals surface area contributed by atoms with Crippen molar-refractivity contribution >= 4 is 15.7 Å². The fraction of sp³-hybridized carbons (Fsp3) is 0.312. The summed E-state index contributed by atoms with van der Waals surface area (Å²) in [6.07, 6.45) is 4.48. The molecule has 0 aliphatic carbocycles. The number of hydrogen-bond donors (Lipinski definition) is 0. The van der Waals surface area contributed by atoms with E-state index >= 15 is 0 Å². The van der Waals surface area contributed by atoms with Crippen molar-refractivity contribution in [3.8, 4) is 5.69 Å². The van der Waals surface area contributed by atoms with E-state index in [9.17, 15) is 13.2 Å². The van der Waals surface area contributed by atoms with E-state index in [1.165, 1.54) is 0 Å². The third-order valence-electron chi connectivity index (χ3n) is 4.59. The summed E-state index contributed by atoms with van der Waals surface area (Å²) in [5, 5.41) is -0.361. The molecule has 2 saturated heterocycles. The minimum atomic E-state index is -2.97. The molecular weight excluding hydrogens is 300 g/mol. The lowest BCUT2D eigenvalue weighted by molar-refractivity contribution is 0.0746. The maximum absolute atomic E-state index is 12.6. The lowest BCUT2D eigenvalue weighted by Gasteiger charge is -2.27. The Hall–Kier alpha value is -2.08. The van der Waals surface area contributed by atoms with Gasteiger partial charge in [0.15, 0.2) is 9.84 Å². The second kappa shape index (κ2) is 4.71. The monoisotopic (exact) mass is 316 g/mol. The summed E-state index contributed by atoms with van der Waals surface area (Å²) in [7, 11) is -2.97. The smallest absolute Gasteiger partial charge is 0.254 e. The van der Waals surface area contributed by atoms with Crippen LogP contribution in [0.4, 0.5) is 0 Å². The Labute approximate surface area is 129 Å². The number of amides is 1. The molecule has 2 aromatic rings. The molecular formula is C16H16N2O3S. The normalized spacial score (nSPS) is 25.5. The van der Waals surface area contributed by atoms with E-state index in [0.717, 1.165) is 5.69 Å². The lowest BCUT2D eigenvalue weighted by Crippen LogP contribution is -2.44. The fourth-order valence-electron chi connectivity index (χ4n) is 3.39. The van der Waals surface area contributed by atoms with Crippen LogP contribution in [-0.2, 0) is 9.84 Å². The van der Waals surface area contributed by atoms with Crippen molar-refractivity contribution in [1.29, 1.82) is 0 Å². The number of likely N-dealkylation sites (tertiary alicyclic amines) is 1. The molecule has 6 heteroatoms. The van der Waals surface area contributed by atoms with E-state index < -0.39 is 9.84 Å². The second-order valence-electron chi connectivity index (χ2n) is 5.94. The number of fused-ring (bicyclic) bond motifs is 2. The highest BCUT2D eigenvalue weighted by molar-refractivity contribution is 7.92. The molecule has 1 aromatic heterocycles. The number of rotatable bonds is 2. The van der Waals surface area contributed by atoms with Crippen LogP contribution in [0.1, 0.15) is 16.8 Å². The highest BCUT2D eigenvalue weighted by Crippen LogP contribution is 2.33. The van der Waals surface area contributed by atoms with Gasteiger partial charge in [-0.15, -0.1) is 0 Å². The van der Waals surface area contributed by atoms with Gasteiger partial charge in [-0.05, 0) is 42.8 Å². The molecule has 0 saturated carbocycles. The molecule has 3 heterocycles. The topological polar surface area (TPSA) is 59.4 Å². The third-order valence-corrected chi connectivity index (χ3v) is 6.79. The number of benzene rings is 1. The van der Waals surface area contributed by atoms with Gasteiger partial charge in [-0.1, -0.05) is 0 Å². The first-order chi connectivity index (χ1) is 10.5. The highest BCUT2D eigenvalue weighted by Gasteiger charge is 2.50. The predicted octanol–water partition coefficient (Wildman–Crippen LogP) is 1.49. The molecule has 2 fully saturated rings. The summed E-state index contributed by atoms with van der Waals surface area (Å²) in [6.45, 7) is 0.338. The van der Waals surface area contributed by atoms with Crippen LogP contribution < -0.4 is 0 Å². The zero-order chi connectivity index (χ0) is 15.3. The SMILES string of the molecule is O=C(c1ccc(-n2cccc2)cc1)N1CC2CC1CS2(=O)=O. The molecule has 5 nitrogen and oxygen atoms in total. The summed E-state index contributed by atoms with van der Waals surface area (Å²) in [5.74, 6) is 0.0478. The predicted molar refractivity (Wildman–Crippen MR) is 82.8 cm³/mol. The zero-order valence-corrected chi connectivity index (χ0v) is 12.7. The summed E-state index contributed by atoms with van der Waals surface area (Å²) in [4.78, 5) is 14.3. The molecule has 0 radical (unpaired) electrons. The molecule has 2 atom stereocenters. The molecule has 2 aliphatic rings. The van der Waals surface area contributed by atoms with Gasteiger partial charge in [-0.25, -0.2) is 8.42 Å². The third kappa shape index (κ3) is 2.06. The molecule has 4 rings (SSSR count). The van der Waals surface area contributed by atoms with Gasteiger partial charge in [0.25, 0.3) is 5.91 Å². The van der Waals surface area contributed by atoms with Crippen molar-refractivity contribution in [2.45, 2.75) is 17.7 Å². The zero-order valence-electron chi connectivity index (χ0n) is 11.9. The van der Waals surface area contributed by atoms with Crippen molar-refractivity contribution < 1.29 is 13.2 Å².